The monoisotopic (exact) mass is 383 g/mol. The number of nitrogens with zero attached hydrogens (tertiary/aromatic N) is 6. The summed E-state index contributed by atoms with van der Waals surface area (Å²) in [6.45, 7) is 2.95. The molecule has 2 saturated heterocycles. The number of fused-ring (bicyclic) bond motifs is 2. The first kappa shape index (κ1) is 16.3. The first-order valence-corrected chi connectivity index (χ1v) is 9.32. The van der Waals surface area contributed by atoms with E-state index in [1.807, 2.05) is 33.7 Å². The number of aromatic nitrogens is 4. The quantitative estimate of drug-likeness (QED) is 0.732. The molecule has 0 aromatic carbocycles. The molecule has 5 rings (SSSR count). The van der Waals surface area contributed by atoms with Crippen molar-refractivity contribution in [3.63, 3.8) is 0 Å². The Kier molecular flexibility index (Phi) is 3.86. The molecule has 1 N–H and O–H groups in total. The van der Waals surface area contributed by atoms with Crippen molar-refractivity contribution in [2.24, 2.45) is 0 Å². The van der Waals surface area contributed by atoms with Crippen molar-refractivity contribution in [1.29, 1.82) is 0 Å². The summed E-state index contributed by atoms with van der Waals surface area (Å²) in [6.07, 6.45) is 6.29. The third-order valence-corrected chi connectivity index (χ3v) is 5.38. The molecule has 1 atom stereocenters. The van der Waals surface area contributed by atoms with Gasteiger partial charge in [0.15, 0.2) is 5.82 Å². The molecule has 0 spiro atoms. The summed E-state index contributed by atoms with van der Waals surface area (Å²) in [5.41, 5.74) is 1.59. The van der Waals surface area contributed by atoms with Crippen LogP contribution < -0.4 is 10.2 Å². The van der Waals surface area contributed by atoms with E-state index >= 15 is 0 Å². The van der Waals surface area contributed by atoms with Crippen LogP contribution in [-0.4, -0.2) is 62.5 Å². The molecule has 0 radical (unpaired) electrons. The number of rotatable bonds is 2. The van der Waals surface area contributed by atoms with E-state index in [9.17, 15) is 4.79 Å². The summed E-state index contributed by atoms with van der Waals surface area (Å²) in [7, 11) is 0. The maximum absolute atomic E-state index is 12.0. The number of pyridine rings is 1. The molecule has 138 valence electrons. The summed E-state index contributed by atoms with van der Waals surface area (Å²) < 4.78 is 1.89. The Labute approximate surface area is 160 Å². The van der Waals surface area contributed by atoms with E-state index in [-0.39, 0.29) is 12.1 Å². The molecule has 3 aromatic heterocycles. The highest BCUT2D eigenvalue weighted by Crippen LogP contribution is 2.24. The summed E-state index contributed by atoms with van der Waals surface area (Å²) >= 11 is 6.13. The number of urea groups is 1. The third-order valence-electron chi connectivity index (χ3n) is 5.16. The Balaban J connectivity index is 1.45. The predicted molar refractivity (Wildman–Crippen MR) is 102 cm³/mol. The number of carbonyl (C=O) groups excluding carboxylic acids is 1. The highest BCUT2D eigenvalue weighted by molar-refractivity contribution is 6.30. The fraction of sp³-hybridized carbons (Fsp3) is 0.333. The standard InChI is InChI=1S/C18H18ClN7O/c19-12-1-2-15-22-9-14(26(15)10-12)17-20-6-4-16(23-17)24-7-8-25-13(11-24)3-5-21-18(25)27/h1-2,4,6,9-10,13H,3,5,7-8,11H2,(H,21,27). The number of amides is 2. The van der Waals surface area contributed by atoms with Crippen LogP contribution in [0.25, 0.3) is 17.2 Å². The van der Waals surface area contributed by atoms with Crippen LogP contribution in [0, 0.1) is 0 Å². The van der Waals surface area contributed by atoms with Gasteiger partial charge in [0.05, 0.1) is 17.3 Å². The lowest BCUT2D eigenvalue weighted by Gasteiger charge is -2.44. The fourth-order valence-corrected chi connectivity index (χ4v) is 3.95. The zero-order valence-electron chi connectivity index (χ0n) is 14.5. The zero-order valence-corrected chi connectivity index (χ0v) is 15.3. The van der Waals surface area contributed by atoms with Crippen LogP contribution in [0.5, 0.6) is 0 Å². The van der Waals surface area contributed by atoms with Crippen LogP contribution in [-0.2, 0) is 0 Å². The number of piperazine rings is 1. The zero-order chi connectivity index (χ0) is 18.4. The molecule has 8 nitrogen and oxygen atoms in total. The van der Waals surface area contributed by atoms with E-state index in [1.54, 1.807) is 12.4 Å². The van der Waals surface area contributed by atoms with Gasteiger partial charge in [0.1, 0.15) is 17.2 Å². The minimum atomic E-state index is 0.0388. The first-order valence-electron chi connectivity index (χ1n) is 8.94. The summed E-state index contributed by atoms with van der Waals surface area (Å²) in [5.74, 6) is 1.47. The minimum Gasteiger partial charge on any atom is -0.353 e. The van der Waals surface area contributed by atoms with Crippen LogP contribution >= 0.6 is 11.6 Å². The van der Waals surface area contributed by atoms with Crippen LogP contribution in [0.2, 0.25) is 5.02 Å². The summed E-state index contributed by atoms with van der Waals surface area (Å²) in [6, 6.07) is 5.85. The normalized spacial score (nSPS) is 19.9. The second-order valence-electron chi connectivity index (χ2n) is 6.77. The van der Waals surface area contributed by atoms with Crippen molar-refractivity contribution >= 4 is 29.1 Å². The van der Waals surface area contributed by atoms with Gasteiger partial charge in [-0.1, -0.05) is 11.6 Å². The Morgan fingerprint density at radius 3 is 3.04 bits per heavy atom. The van der Waals surface area contributed by atoms with E-state index in [2.05, 4.69) is 20.2 Å². The van der Waals surface area contributed by atoms with Gasteiger partial charge in [-0.15, -0.1) is 0 Å². The molecular formula is C18H18ClN7O. The number of anilines is 1. The maximum atomic E-state index is 12.0. The van der Waals surface area contributed by atoms with Crippen LogP contribution in [0.3, 0.4) is 0 Å². The predicted octanol–water partition coefficient (Wildman–Crippen LogP) is 2.05. The lowest BCUT2D eigenvalue weighted by molar-refractivity contribution is 0.145. The lowest BCUT2D eigenvalue weighted by atomic mass is 10.1. The number of hydrogen-bond acceptors (Lipinski definition) is 5. The molecule has 27 heavy (non-hydrogen) atoms. The Bertz CT molecular complexity index is 1020. The van der Waals surface area contributed by atoms with Crippen LogP contribution in [0.1, 0.15) is 6.42 Å². The van der Waals surface area contributed by atoms with Crippen LogP contribution in [0.15, 0.2) is 36.8 Å². The topological polar surface area (TPSA) is 78.7 Å². The van der Waals surface area contributed by atoms with Crippen LogP contribution in [0.4, 0.5) is 10.6 Å². The second kappa shape index (κ2) is 6.38. The highest BCUT2D eigenvalue weighted by Gasteiger charge is 2.33. The first-order chi connectivity index (χ1) is 13.2. The van der Waals surface area contributed by atoms with Crippen molar-refractivity contribution in [2.75, 3.05) is 31.1 Å². The number of hydrogen-bond donors (Lipinski definition) is 1. The maximum Gasteiger partial charge on any atom is 0.317 e. The molecule has 0 saturated carbocycles. The molecule has 0 bridgehead atoms. The number of carbonyl (C=O) groups is 1. The van der Waals surface area contributed by atoms with Gasteiger partial charge in [-0.3, -0.25) is 4.40 Å². The SMILES string of the molecule is O=C1NCCC2CN(c3ccnc(-c4cnc5ccc(Cl)cn45)n3)CCN12. The van der Waals surface area contributed by atoms with E-state index in [4.69, 9.17) is 16.6 Å². The molecular weight excluding hydrogens is 366 g/mol. The van der Waals surface area contributed by atoms with E-state index in [0.717, 1.165) is 43.2 Å². The summed E-state index contributed by atoms with van der Waals surface area (Å²) in [5, 5.41) is 3.54. The highest BCUT2D eigenvalue weighted by atomic mass is 35.5. The smallest absolute Gasteiger partial charge is 0.317 e. The molecule has 3 aromatic rings. The van der Waals surface area contributed by atoms with E-state index < -0.39 is 0 Å². The molecule has 0 aliphatic carbocycles. The Morgan fingerprint density at radius 1 is 1.19 bits per heavy atom. The van der Waals surface area contributed by atoms with Gasteiger partial charge in [0.25, 0.3) is 0 Å². The van der Waals surface area contributed by atoms with Gasteiger partial charge < -0.3 is 15.1 Å². The average Bonchev–Trinajstić information content (AvgIpc) is 3.11. The molecule has 2 aliphatic heterocycles. The lowest BCUT2D eigenvalue weighted by Crippen LogP contribution is -2.61. The Hall–Kier alpha value is -2.87. The van der Waals surface area contributed by atoms with Gasteiger partial charge in [-0.2, -0.15) is 0 Å². The van der Waals surface area contributed by atoms with Gasteiger partial charge in [0.2, 0.25) is 0 Å². The van der Waals surface area contributed by atoms with Crippen molar-refractivity contribution in [3.8, 4) is 11.5 Å². The molecule has 5 heterocycles. The second-order valence-corrected chi connectivity index (χ2v) is 7.21. The molecule has 9 heteroatoms. The van der Waals surface area contributed by atoms with Gasteiger partial charge in [-0.25, -0.2) is 19.7 Å². The van der Waals surface area contributed by atoms with Gasteiger partial charge in [0, 0.05) is 38.6 Å². The molecule has 2 amide bonds. The largest absolute Gasteiger partial charge is 0.353 e. The van der Waals surface area contributed by atoms with Crippen molar-refractivity contribution in [2.45, 2.75) is 12.5 Å². The van der Waals surface area contributed by atoms with E-state index in [0.29, 0.717) is 17.4 Å². The Morgan fingerprint density at radius 2 is 2.11 bits per heavy atom. The van der Waals surface area contributed by atoms with E-state index in [1.165, 1.54) is 0 Å². The average molecular weight is 384 g/mol. The molecule has 1 unspecified atom stereocenters. The molecule has 2 fully saturated rings. The van der Waals surface area contributed by atoms with Gasteiger partial charge in [-0.05, 0) is 24.6 Å². The van der Waals surface area contributed by atoms with Crippen molar-refractivity contribution in [3.05, 3.63) is 41.8 Å². The number of halogens is 1. The summed E-state index contributed by atoms with van der Waals surface area (Å²) in [4.78, 5) is 29.7. The van der Waals surface area contributed by atoms with Crippen molar-refractivity contribution < 1.29 is 4.79 Å². The molecule has 2 aliphatic rings. The fourth-order valence-electron chi connectivity index (χ4n) is 3.79. The van der Waals surface area contributed by atoms with Gasteiger partial charge >= 0.3 is 6.03 Å². The number of nitrogens with one attached hydrogen (secondary N) is 1. The minimum absolute atomic E-state index is 0.0388. The van der Waals surface area contributed by atoms with Crippen molar-refractivity contribution in [1.82, 2.24) is 29.6 Å². The number of imidazole rings is 1. The third kappa shape index (κ3) is 2.86.